The van der Waals surface area contributed by atoms with Crippen molar-refractivity contribution in [3.05, 3.63) is 54.1 Å². The van der Waals surface area contributed by atoms with Crippen LogP contribution in [0, 0.1) is 0 Å². The first-order valence-corrected chi connectivity index (χ1v) is 6.42. The topological polar surface area (TPSA) is 50.4 Å². The molecule has 0 saturated carbocycles. The van der Waals surface area contributed by atoms with E-state index in [0.717, 1.165) is 22.7 Å². The molecular formula is C16H18N2O2. The number of hydrogen-bond donors (Lipinski definition) is 2. The van der Waals surface area contributed by atoms with Crippen LogP contribution in [-0.4, -0.2) is 13.0 Å². The molecule has 0 unspecified atom stereocenters. The summed E-state index contributed by atoms with van der Waals surface area (Å²) in [5, 5.41) is 6.15. The third kappa shape index (κ3) is 3.75. The Morgan fingerprint density at radius 2 is 1.95 bits per heavy atom. The minimum Gasteiger partial charge on any atom is -0.497 e. The van der Waals surface area contributed by atoms with Crippen molar-refractivity contribution >= 4 is 17.3 Å². The van der Waals surface area contributed by atoms with Gasteiger partial charge in [-0.05, 0) is 23.8 Å². The Labute approximate surface area is 118 Å². The molecule has 0 fully saturated rings. The van der Waals surface area contributed by atoms with Crippen LogP contribution < -0.4 is 15.4 Å². The minimum absolute atomic E-state index is 0.0705. The van der Waals surface area contributed by atoms with Crippen molar-refractivity contribution in [3.63, 3.8) is 0 Å². The van der Waals surface area contributed by atoms with Crippen molar-refractivity contribution in [2.75, 3.05) is 17.7 Å². The van der Waals surface area contributed by atoms with Gasteiger partial charge in [-0.1, -0.05) is 24.3 Å². The predicted molar refractivity (Wildman–Crippen MR) is 81.1 cm³/mol. The summed E-state index contributed by atoms with van der Waals surface area (Å²) in [7, 11) is 1.64. The van der Waals surface area contributed by atoms with E-state index >= 15 is 0 Å². The van der Waals surface area contributed by atoms with E-state index in [4.69, 9.17) is 4.74 Å². The van der Waals surface area contributed by atoms with Gasteiger partial charge in [0.1, 0.15) is 5.75 Å². The van der Waals surface area contributed by atoms with E-state index in [9.17, 15) is 4.79 Å². The van der Waals surface area contributed by atoms with Gasteiger partial charge in [0.2, 0.25) is 5.91 Å². The molecule has 2 aromatic rings. The molecule has 104 valence electrons. The Morgan fingerprint density at radius 3 is 2.70 bits per heavy atom. The average molecular weight is 270 g/mol. The summed E-state index contributed by atoms with van der Waals surface area (Å²) < 4.78 is 5.19. The van der Waals surface area contributed by atoms with Crippen LogP contribution in [0.25, 0.3) is 0 Å². The van der Waals surface area contributed by atoms with Crippen molar-refractivity contribution in [1.29, 1.82) is 0 Å². The van der Waals surface area contributed by atoms with E-state index in [1.807, 2.05) is 48.5 Å². The van der Waals surface area contributed by atoms with Gasteiger partial charge in [0.05, 0.1) is 7.11 Å². The van der Waals surface area contributed by atoms with Crippen LogP contribution in [0.5, 0.6) is 5.75 Å². The van der Waals surface area contributed by atoms with Gasteiger partial charge in [0, 0.05) is 30.9 Å². The predicted octanol–water partition coefficient (Wildman–Crippen LogP) is 3.27. The lowest BCUT2D eigenvalue weighted by molar-refractivity contribution is -0.114. The van der Waals surface area contributed by atoms with E-state index in [1.165, 1.54) is 6.92 Å². The van der Waals surface area contributed by atoms with Crippen molar-refractivity contribution in [2.24, 2.45) is 0 Å². The second-order valence-electron chi connectivity index (χ2n) is 4.42. The summed E-state index contributed by atoms with van der Waals surface area (Å²) in [4.78, 5) is 11.2. The van der Waals surface area contributed by atoms with Crippen LogP contribution >= 0.6 is 0 Å². The molecule has 0 atom stereocenters. The zero-order chi connectivity index (χ0) is 14.4. The molecule has 0 aliphatic heterocycles. The Morgan fingerprint density at radius 1 is 1.15 bits per heavy atom. The highest BCUT2D eigenvalue weighted by molar-refractivity contribution is 5.89. The number of ether oxygens (including phenoxy) is 1. The van der Waals surface area contributed by atoms with Crippen molar-refractivity contribution in [3.8, 4) is 5.75 Å². The third-order valence-electron chi connectivity index (χ3n) is 2.88. The van der Waals surface area contributed by atoms with E-state index in [1.54, 1.807) is 7.11 Å². The van der Waals surface area contributed by atoms with Crippen LogP contribution in [0.2, 0.25) is 0 Å². The summed E-state index contributed by atoms with van der Waals surface area (Å²) in [6, 6.07) is 15.5. The highest BCUT2D eigenvalue weighted by Crippen LogP contribution is 2.20. The second-order valence-corrected chi connectivity index (χ2v) is 4.42. The lowest BCUT2D eigenvalue weighted by Crippen LogP contribution is -2.10. The van der Waals surface area contributed by atoms with Gasteiger partial charge >= 0.3 is 0 Å². The van der Waals surface area contributed by atoms with E-state index in [2.05, 4.69) is 10.6 Å². The molecule has 0 aliphatic rings. The van der Waals surface area contributed by atoms with Gasteiger partial charge in [0.25, 0.3) is 0 Å². The maximum atomic E-state index is 11.2. The number of amides is 1. The maximum Gasteiger partial charge on any atom is 0.221 e. The minimum atomic E-state index is -0.0705. The molecule has 2 N–H and O–H groups in total. The summed E-state index contributed by atoms with van der Waals surface area (Å²) in [5.41, 5.74) is 2.84. The van der Waals surface area contributed by atoms with Crippen LogP contribution in [0.3, 0.4) is 0 Å². The molecule has 0 spiro atoms. The SMILES string of the molecule is COc1cccc(NCc2ccccc2NC(C)=O)c1. The molecular weight excluding hydrogens is 252 g/mol. The number of carbonyl (C=O) groups is 1. The van der Waals surface area contributed by atoms with Crippen molar-refractivity contribution < 1.29 is 9.53 Å². The molecule has 0 heterocycles. The van der Waals surface area contributed by atoms with Gasteiger partial charge in [0.15, 0.2) is 0 Å². The molecule has 4 heteroatoms. The Kier molecular flexibility index (Phi) is 4.60. The summed E-state index contributed by atoms with van der Waals surface area (Å²) in [6.45, 7) is 2.13. The van der Waals surface area contributed by atoms with E-state index in [0.29, 0.717) is 6.54 Å². The summed E-state index contributed by atoms with van der Waals surface area (Å²) in [5.74, 6) is 0.740. The van der Waals surface area contributed by atoms with Gasteiger partial charge < -0.3 is 15.4 Å². The Balaban J connectivity index is 2.08. The summed E-state index contributed by atoms with van der Waals surface area (Å²) >= 11 is 0. The van der Waals surface area contributed by atoms with Gasteiger partial charge in [-0.25, -0.2) is 0 Å². The fourth-order valence-electron chi connectivity index (χ4n) is 1.92. The number of benzene rings is 2. The largest absolute Gasteiger partial charge is 0.497 e. The standard InChI is InChI=1S/C16H18N2O2/c1-12(19)18-16-9-4-3-6-13(16)11-17-14-7-5-8-15(10-14)20-2/h3-10,17H,11H2,1-2H3,(H,18,19). The van der Waals surface area contributed by atoms with Crippen LogP contribution in [0.1, 0.15) is 12.5 Å². The first-order chi connectivity index (χ1) is 9.69. The lowest BCUT2D eigenvalue weighted by Gasteiger charge is -2.12. The van der Waals surface area contributed by atoms with E-state index < -0.39 is 0 Å². The smallest absolute Gasteiger partial charge is 0.221 e. The third-order valence-corrected chi connectivity index (χ3v) is 2.88. The molecule has 4 nitrogen and oxygen atoms in total. The number of rotatable bonds is 5. The molecule has 2 aromatic carbocycles. The number of nitrogens with one attached hydrogen (secondary N) is 2. The maximum absolute atomic E-state index is 11.2. The molecule has 0 bridgehead atoms. The number of anilines is 2. The second kappa shape index (κ2) is 6.61. The molecule has 2 rings (SSSR count). The highest BCUT2D eigenvalue weighted by atomic mass is 16.5. The zero-order valence-electron chi connectivity index (χ0n) is 11.6. The van der Waals surface area contributed by atoms with Gasteiger partial charge in [-0.2, -0.15) is 0 Å². The lowest BCUT2D eigenvalue weighted by atomic mass is 10.1. The number of methoxy groups -OCH3 is 1. The van der Waals surface area contributed by atoms with Crippen LogP contribution in [0.4, 0.5) is 11.4 Å². The molecule has 0 radical (unpaired) electrons. The average Bonchev–Trinajstić information content (AvgIpc) is 2.46. The molecule has 0 aliphatic carbocycles. The van der Waals surface area contributed by atoms with Gasteiger partial charge in [-0.15, -0.1) is 0 Å². The van der Waals surface area contributed by atoms with E-state index in [-0.39, 0.29) is 5.91 Å². The Bertz CT molecular complexity index is 597. The Hall–Kier alpha value is -2.49. The first kappa shape index (κ1) is 13.9. The molecule has 0 aromatic heterocycles. The highest BCUT2D eigenvalue weighted by Gasteiger charge is 2.03. The fourth-order valence-corrected chi connectivity index (χ4v) is 1.92. The number of para-hydroxylation sites is 1. The quantitative estimate of drug-likeness (QED) is 0.876. The monoisotopic (exact) mass is 270 g/mol. The van der Waals surface area contributed by atoms with Crippen LogP contribution in [-0.2, 0) is 11.3 Å². The number of hydrogen-bond acceptors (Lipinski definition) is 3. The molecule has 20 heavy (non-hydrogen) atoms. The molecule has 0 saturated heterocycles. The first-order valence-electron chi connectivity index (χ1n) is 6.42. The van der Waals surface area contributed by atoms with Gasteiger partial charge in [-0.3, -0.25) is 4.79 Å². The zero-order valence-corrected chi connectivity index (χ0v) is 11.6. The molecule has 1 amide bonds. The number of carbonyl (C=O) groups excluding carboxylic acids is 1. The fraction of sp³-hybridized carbons (Fsp3) is 0.188. The van der Waals surface area contributed by atoms with Crippen molar-refractivity contribution in [1.82, 2.24) is 0 Å². The normalized spacial score (nSPS) is 9.90. The summed E-state index contributed by atoms with van der Waals surface area (Å²) in [6.07, 6.45) is 0. The van der Waals surface area contributed by atoms with Crippen LogP contribution in [0.15, 0.2) is 48.5 Å². The van der Waals surface area contributed by atoms with Crippen molar-refractivity contribution in [2.45, 2.75) is 13.5 Å².